The molecule has 8 nitrogen and oxygen atoms in total. The van der Waals surface area contributed by atoms with Gasteiger partial charge in [-0.05, 0) is 31.5 Å². The zero-order chi connectivity index (χ0) is 21.4. The summed E-state index contributed by atoms with van der Waals surface area (Å²) in [5, 5.41) is 32.9. The van der Waals surface area contributed by atoms with Gasteiger partial charge < -0.3 is 20.6 Å². The first-order valence-electron chi connectivity index (χ1n) is 9.32. The highest BCUT2D eigenvalue weighted by Gasteiger charge is 2.31. The van der Waals surface area contributed by atoms with Gasteiger partial charge in [0.1, 0.15) is 11.8 Å². The van der Waals surface area contributed by atoms with E-state index in [1.807, 2.05) is 30.3 Å². The number of rotatable bonds is 9. The Bertz CT molecular complexity index is 826. The summed E-state index contributed by atoms with van der Waals surface area (Å²) in [5.41, 5.74) is 4.24. The van der Waals surface area contributed by atoms with Crippen LogP contribution in [0.1, 0.15) is 28.4 Å². The van der Waals surface area contributed by atoms with Crippen LogP contribution in [-0.2, 0) is 11.3 Å². The van der Waals surface area contributed by atoms with Gasteiger partial charge in [-0.15, -0.1) is 0 Å². The number of amides is 2. The van der Waals surface area contributed by atoms with E-state index in [-0.39, 0.29) is 31.0 Å². The lowest BCUT2D eigenvalue weighted by molar-refractivity contribution is -0.140. The van der Waals surface area contributed by atoms with E-state index in [1.54, 1.807) is 6.92 Å². The summed E-state index contributed by atoms with van der Waals surface area (Å²) < 4.78 is 0. The number of hydrogen-bond donors (Lipinski definition) is 5. The largest absolute Gasteiger partial charge is 0.508 e. The van der Waals surface area contributed by atoms with Gasteiger partial charge in [-0.25, -0.2) is 5.43 Å². The lowest BCUT2D eigenvalue weighted by atomic mass is 10.1. The molecule has 0 bridgehead atoms. The van der Waals surface area contributed by atoms with Gasteiger partial charge in [0.25, 0.3) is 11.8 Å². The van der Waals surface area contributed by atoms with Crippen LogP contribution in [0.5, 0.6) is 5.75 Å². The number of hydrazine groups is 1. The fourth-order valence-corrected chi connectivity index (χ4v) is 2.81. The van der Waals surface area contributed by atoms with Gasteiger partial charge in [-0.1, -0.05) is 36.4 Å². The first-order chi connectivity index (χ1) is 13.8. The molecule has 0 saturated carbocycles. The Morgan fingerprint density at radius 1 is 1.10 bits per heavy atom. The van der Waals surface area contributed by atoms with E-state index >= 15 is 0 Å². The molecule has 0 saturated heterocycles. The number of phenols is 1. The van der Waals surface area contributed by atoms with Crippen molar-refractivity contribution in [3.8, 4) is 5.75 Å². The van der Waals surface area contributed by atoms with Crippen molar-refractivity contribution in [1.29, 1.82) is 0 Å². The molecule has 2 atom stereocenters. The third-order valence-corrected chi connectivity index (χ3v) is 4.45. The molecule has 0 aromatic heterocycles. The summed E-state index contributed by atoms with van der Waals surface area (Å²) in [6.07, 6.45) is -1.17. The molecule has 0 fully saturated rings. The van der Waals surface area contributed by atoms with Crippen LogP contribution >= 0.6 is 0 Å². The van der Waals surface area contributed by atoms with Crippen LogP contribution in [0.4, 0.5) is 0 Å². The summed E-state index contributed by atoms with van der Waals surface area (Å²) in [6, 6.07) is 12.5. The number of phenolic OH excluding ortho intramolecular Hbond substituents is 1. The van der Waals surface area contributed by atoms with Crippen LogP contribution in [0.2, 0.25) is 0 Å². The third kappa shape index (κ3) is 6.02. The number of nitrogens with one attached hydrogen (secondary N) is 2. The Hall–Kier alpha value is -2.94. The third-order valence-electron chi connectivity index (χ3n) is 4.45. The highest BCUT2D eigenvalue weighted by Crippen LogP contribution is 2.19. The zero-order valence-corrected chi connectivity index (χ0v) is 16.5. The first kappa shape index (κ1) is 22.4. The minimum absolute atomic E-state index is 0.0344. The van der Waals surface area contributed by atoms with Crippen LogP contribution in [0.3, 0.4) is 0 Å². The second-order valence-corrected chi connectivity index (χ2v) is 6.68. The van der Waals surface area contributed by atoms with Crippen LogP contribution in [0.25, 0.3) is 0 Å². The SMILES string of the molecule is Cc1c(O)cccc1C(=O)N[C@H](C(=O)N(Cc1ccccc1)NCCO)[C@@H](C)O. The molecule has 2 aromatic carbocycles. The van der Waals surface area contributed by atoms with E-state index in [0.717, 1.165) is 5.56 Å². The standard InChI is InChI=1S/C21H27N3O5/c1-14-17(9-6-10-18(14)27)20(28)23-19(15(2)26)21(29)24(22-11-12-25)13-16-7-4-3-5-8-16/h3-10,15,19,22,25-27H,11-13H2,1-2H3,(H,23,28)/t15-,19+/m1/s1. The number of aromatic hydroxyl groups is 1. The molecule has 156 valence electrons. The van der Waals surface area contributed by atoms with Crippen LogP contribution in [-0.4, -0.2) is 57.4 Å². The van der Waals surface area contributed by atoms with Crippen molar-refractivity contribution in [2.75, 3.05) is 13.2 Å². The minimum atomic E-state index is -1.22. The van der Waals surface area contributed by atoms with E-state index in [2.05, 4.69) is 10.7 Å². The highest BCUT2D eigenvalue weighted by atomic mass is 16.3. The van der Waals surface area contributed by atoms with E-state index in [4.69, 9.17) is 5.11 Å². The Morgan fingerprint density at radius 2 is 1.79 bits per heavy atom. The van der Waals surface area contributed by atoms with Crippen LogP contribution < -0.4 is 10.7 Å². The predicted octanol–water partition coefficient (Wildman–Crippen LogP) is 0.706. The Morgan fingerprint density at radius 3 is 2.41 bits per heavy atom. The molecular formula is C21H27N3O5. The molecule has 0 aliphatic rings. The average Bonchev–Trinajstić information content (AvgIpc) is 2.71. The molecule has 0 unspecified atom stereocenters. The zero-order valence-electron chi connectivity index (χ0n) is 16.5. The van der Waals surface area contributed by atoms with Crippen molar-refractivity contribution in [3.63, 3.8) is 0 Å². The fourth-order valence-electron chi connectivity index (χ4n) is 2.81. The lowest BCUT2D eigenvalue weighted by Gasteiger charge is -2.29. The van der Waals surface area contributed by atoms with E-state index < -0.39 is 24.0 Å². The van der Waals surface area contributed by atoms with Crippen molar-refractivity contribution in [2.45, 2.75) is 32.5 Å². The summed E-state index contributed by atoms with van der Waals surface area (Å²) in [4.78, 5) is 25.7. The van der Waals surface area contributed by atoms with Crippen molar-refractivity contribution in [1.82, 2.24) is 15.8 Å². The second-order valence-electron chi connectivity index (χ2n) is 6.68. The summed E-state index contributed by atoms with van der Waals surface area (Å²) in [5.74, 6) is -1.17. The molecule has 2 aromatic rings. The summed E-state index contributed by atoms with van der Waals surface area (Å²) in [6.45, 7) is 3.13. The Kier molecular flexibility index (Phi) is 8.14. The van der Waals surface area contributed by atoms with Crippen molar-refractivity contribution >= 4 is 11.8 Å². The summed E-state index contributed by atoms with van der Waals surface area (Å²) in [7, 11) is 0. The van der Waals surface area contributed by atoms with Crippen molar-refractivity contribution in [2.24, 2.45) is 0 Å². The Labute approximate surface area is 169 Å². The molecule has 0 spiro atoms. The normalized spacial score (nSPS) is 12.8. The van der Waals surface area contributed by atoms with Gasteiger partial charge in [0, 0.05) is 17.7 Å². The van der Waals surface area contributed by atoms with Crippen molar-refractivity contribution in [3.05, 3.63) is 65.2 Å². The first-order valence-corrected chi connectivity index (χ1v) is 9.32. The van der Waals surface area contributed by atoms with Crippen LogP contribution in [0.15, 0.2) is 48.5 Å². The molecule has 29 heavy (non-hydrogen) atoms. The van der Waals surface area contributed by atoms with Gasteiger partial charge >= 0.3 is 0 Å². The molecule has 5 N–H and O–H groups in total. The number of benzene rings is 2. The molecule has 0 aliphatic heterocycles. The van der Waals surface area contributed by atoms with Gasteiger partial charge in [0.15, 0.2) is 0 Å². The van der Waals surface area contributed by atoms with Gasteiger partial charge in [-0.2, -0.15) is 0 Å². The quantitative estimate of drug-likeness (QED) is 0.395. The van der Waals surface area contributed by atoms with Crippen LogP contribution in [0, 0.1) is 6.92 Å². The number of carbonyl (C=O) groups is 2. The number of aliphatic hydroxyl groups excluding tert-OH is 2. The van der Waals surface area contributed by atoms with Gasteiger partial charge in [0.2, 0.25) is 0 Å². The maximum absolute atomic E-state index is 13.1. The number of carbonyl (C=O) groups excluding carboxylic acids is 2. The van der Waals surface area contributed by atoms with E-state index in [0.29, 0.717) is 5.56 Å². The molecule has 2 amide bonds. The maximum Gasteiger partial charge on any atom is 0.262 e. The fraction of sp³-hybridized carbons (Fsp3) is 0.333. The van der Waals surface area contributed by atoms with E-state index in [9.17, 15) is 19.8 Å². The minimum Gasteiger partial charge on any atom is -0.508 e. The molecule has 8 heteroatoms. The monoisotopic (exact) mass is 401 g/mol. The summed E-state index contributed by atoms with van der Waals surface area (Å²) >= 11 is 0. The second kappa shape index (κ2) is 10.6. The van der Waals surface area contributed by atoms with Gasteiger partial charge in [-0.3, -0.25) is 14.6 Å². The van der Waals surface area contributed by atoms with E-state index in [1.165, 1.54) is 30.1 Å². The predicted molar refractivity (Wildman–Crippen MR) is 108 cm³/mol. The molecule has 0 heterocycles. The Balaban J connectivity index is 2.22. The highest BCUT2D eigenvalue weighted by molar-refractivity contribution is 5.99. The average molecular weight is 401 g/mol. The van der Waals surface area contributed by atoms with Gasteiger partial charge in [0.05, 0.1) is 19.3 Å². The lowest BCUT2D eigenvalue weighted by Crippen LogP contribution is -2.57. The molecule has 2 rings (SSSR count). The molecule has 0 aliphatic carbocycles. The molecular weight excluding hydrogens is 374 g/mol. The van der Waals surface area contributed by atoms with Crippen molar-refractivity contribution < 1.29 is 24.9 Å². The molecule has 0 radical (unpaired) electrons. The topological polar surface area (TPSA) is 122 Å². The number of hydrogen-bond acceptors (Lipinski definition) is 6. The smallest absolute Gasteiger partial charge is 0.262 e. The number of nitrogens with zero attached hydrogens (tertiary/aromatic N) is 1. The maximum atomic E-state index is 13.1. The number of aliphatic hydroxyl groups is 2.